The summed E-state index contributed by atoms with van der Waals surface area (Å²) in [5.41, 5.74) is 11.9. The lowest BCUT2D eigenvalue weighted by Gasteiger charge is -2.26. The van der Waals surface area contributed by atoms with E-state index in [4.69, 9.17) is 14.7 Å². The second kappa shape index (κ2) is 14.1. The predicted octanol–water partition coefficient (Wildman–Crippen LogP) is 12.9. The van der Waals surface area contributed by atoms with Crippen LogP contribution in [0.3, 0.4) is 0 Å². The summed E-state index contributed by atoms with van der Waals surface area (Å²) in [5.74, 6) is 2.22. The highest BCUT2D eigenvalue weighted by Gasteiger charge is 2.24. The fourth-order valence-electron chi connectivity index (χ4n) is 7.94. The summed E-state index contributed by atoms with van der Waals surface area (Å²) in [5, 5.41) is 2.29. The predicted molar refractivity (Wildman–Crippen MR) is 242 cm³/mol. The maximum absolute atomic E-state index is 6.98. The summed E-state index contributed by atoms with van der Waals surface area (Å²) < 4.78 is 13.5. The van der Waals surface area contributed by atoms with E-state index in [2.05, 4.69) is 204 Å². The molecular weight excluding hydrogens is 723 g/mol. The zero-order chi connectivity index (χ0) is 41.3. The van der Waals surface area contributed by atoms with E-state index in [9.17, 15) is 0 Å². The summed E-state index contributed by atoms with van der Waals surface area (Å²) in [6.07, 6.45) is 9.29. The zero-order valence-electron chi connectivity index (χ0n) is 35.5. The van der Waals surface area contributed by atoms with Crippen LogP contribution < -0.4 is 9.30 Å². The van der Waals surface area contributed by atoms with Crippen LogP contribution in [0, 0.1) is 6.33 Å². The van der Waals surface area contributed by atoms with Crippen molar-refractivity contribution in [1.82, 2.24) is 19.1 Å². The number of hydrogen-bond acceptors (Lipinski definition) is 3. The molecule has 9 aromatic rings. The second-order valence-electron chi connectivity index (χ2n) is 18.7. The molecule has 294 valence electrons. The van der Waals surface area contributed by atoms with Crippen LogP contribution in [0.2, 0.25) is 0 Å². The molecule has 0 aliphatic carbocycles. The van der Waals surface area contributed by atoms with Crippen molar-refractivity contribution < 1.29 is 9.30 Å². The van der Waals surface area contributed by atoms with Gasteiger partial charge in [-0.05, 0) is 81.0 Å². The van der Waals surface area contributed by atoms with Crippen LogP contribution in [-0.4, -0.2) is 19.1 Å². The van der Waals surface area contributed by atoms with Gasteiger partial charge >= 0.3 is 0 Å². The van der Waals surface area contributed by atoms with Gasteiger partial charge in [0.2, 0.25) is 0 Å². The van der Waals surface area contributed by atoms with E-state index in [0.29, 0.717) is 5.75 Å². The summed E-state index contributed by atoms with van der Waals surface area (Å²) in [6.45, 7) is 20.3. The molecule has 0 saturated heterocycles. The maximum atomic E-state index is 6.98. The van der Waals surface area contributed by atoms with Crippen LogP contribution in [0.25, 0.3) is 61.2 Å². The van der Waals surface area contributed by atoms with Crippen LogP contribution in [0.1, 0.15) is 79.0 Å². The number of pyridine rings is 2. The largest absolute Gasteiger partial charge is 0.456 e. The van der Waals surface area contributed by atoms with E-state index in [-0.39, 0.29) is 16.2 Å². The summed E-state index contributed by atoms with van der Waals surface area (Å²) in [4.78, 5) is 9.67. The van der Waals surface area contributed by atoms with Crippen molar-refractivity contribution in [3.05, 3.63) is 169 Å². The van der Waals surface area contributed by atoms with Crippen LogP contribution in [0.4, 0.5) is 0 Å². The van der Waals surface area contributed by atoms with Gasteiger partial charge < -0.3 is 4.74 Å². The van der Waals surface area contributed by atoms with Gasteiger partial charge in [-0.2, -0.15) is 0 Å². The van der Waals surface area contributed by atoms with Crippen molar-refractivity contribution in [2.75, 3.05) is 0 Å². The Balaban J connectivity index is 1.20. The molecule has 6 nitrogen and oxygen atoms in total. The Hall–Kier alpha value is -6.53. The number of para-hydroxylation sites is 3. The molecule has 0 spiro atoms. The lowest BCUT2D eigenvalue weighted by Crippen LogP contribution is -2.31. The van der Waals surface area contributed by atoms with E-state index in [1.54, 1.807) is 6.20 Å². The molecule has 9 rings (SSSR count). The highest BCUT2D eigenvalue weighted by Crippen LogP contribution is 2.42. The van der Waals surface area contributed by atoms with Crippen molar-refractivity contribution in [3.63, 3.8) is 0 Å². The number of aromatic nitrogens is 5. The van der Waals surface area contributed by atoms with Crippen molar-refractivity contribution >= 4 is 32.8 Å². The SMILES string of the molecule is CC(C)(C)c1cc(-[n+]2[c-]n(-c3cncc(Oc4cc5c(cc4-c4ccccc4)c4ccccc4n5-c4cc(C(C)(C)C)ccn4)c3)c3ccccc32)cc(C(C)(C)C)c1. The first-order valence-corrected chi connectivity index (χ1v) is 20.5. The fraction of sp³-hybridized carbons (Fsp3) is 0.226. The number of rotatable bonds is 6. The van der Waals surface area contributed by atoms with Crippen molar-refractivity contribution in [2.24, 2.45) is 0 Å². The summed E-state index contributed by atoms with van der Waals surface area (Å²) >= 11 is 0. The lowest BCUT2D eigenvalue weighted by atomic mass is 9.80. The van der Waals surface area contributed by atoms with Gasteiger partial charge in [0.15, 0.2) is 0 Å². The second-order valence-corrected chi connectivity index (χ2v) is 18.7. The van der Waals surface area contributed by atoms with Gasteiger partial charge in [0.25, 0.3) is 6.33 Å². The van der Waals surface area contributed by atoms with Gasteiger partial charge in [0, 0.05) is 34.8 Å². The average Bonchev–Trinajstić information content (AvgIpc) is 3.76. The Kier molecular flexibility index (Phi) is 9.08. The molecule has 5 aromatic carbocycles. The van der Waals surface area contributed by atoms with Gasteiger partial charge in [0.1, 0.15) is 17.3 Å². The average molecular weight is 774 g/mol. The molecule has 0 bridgehead atoms. The molecule has 0 aliphatic heterocycles. The third-order valence-corrected chi connectivity index (χ3v) is 11.4. The first-order chi connectivity index (χ1) is 28.1. The van der Waals surface area contributed by atoms with E-state index < -0.39 is 0 Å². The third kappa shape index (κ3) is 7.07. The third-order valence-electron chi connectivity index (χ3n) is 11.4. The highest BCUT2D eigenvalue weighted by molar-refractivity contribution is 6.11. The van der Waals surface area contributed by atoms with Gasteiger partial charge in [-0.1, -0.05) is 141 Å². The number of nitrogens with zero attached hydrogens (tertiary/aromatic N) is 5. The minimum atomic E-state index is -0.0310. The number of fused-ring (bicyclic) bond motifs is 4. The number of benzene rings is 5. The van der Waals surface area contributed by atoms with Crippen molar-refractivity contribution in [1.29, 1.82) is 0 Å². The molecule has 59 heavy (non-hydrogen) atoms. The molecule has 0 aliphatic rings. The fourth-order valence-corrected chi connectivity index (χ4v) is 7.94. The Bertz CT molecular complexity index is 2990. The van der Waals surface area contributed by atoms with Crippen molar-refractivity contribution in [2.45, 2.75) is 78.6 Å². The van der Waals surface area contributed by atoms with Gasteiger partial charge in [0.05, 0.1) is 39.6 Å². The first-order valence-electron chi connectivity index (χ1n) is 20.5. The quantitative estimate of drug-likeness (QED) is 0.125. The Morgan fingerprint density at radius 3 is 1.95 bits per heavy atom. The normalized spacial score (nSPS) is 12.5. The molecule has 0 amide bonds. The van der Waals surface area contributed by atoms with Crippen LogP contribution in [0.15, 0.2) is 146 Å². The minimum absolute atomic E-state index is 0.0204. The van der Waals surface area contributed by atoms with Gasteiger partial charge in [-0.25, -0.2) is 4.98 Å². The summed E-state index contributed by atoms with van der Waals surface area (Å²) in [7, 11) is 0. The summed E-state index contributed by atoms with van der Waals surface area (Å²) in [6, 6.07) is 45.2. The van der Waals surface area contributed by atoms with Gasteiger partial charge in [-0.3, -0.25) is 18.7 Å². The van der Waals surface area contributed by atoms with Crippen LogP contribution in [0.5, 0.6) is 11.5 Å². The monoisotopic (exact) mass is 773 g/mol. The molecular formula is C53H51N5O. The first kappa shape index (κ1) is 38.0. The van der Waals surface area contributed by atoms with Gasteiger partial charge in [-0.15, -0.1) is 0 Å². The molecule has 0 fully saturated rings. The lowest BCUT2D eigenvalue weighted by molar-refractivity contribution is -0.572. The van der Waals surface area contributed by atoms with E-state index in [0.717, 1.165) is 66.9 Å². The topological polar surface area (TPSA) is 48.8 Å². The van der Waals surface area contributed by atoms with Crippen LogP contribution in [-0.2, 0) is 16.2 Å². The zero-order valence-corrected chi connectivity index (χ0v) is 35.5. The Morgan fingerprint density at radius 2 is 1.24 bits per heavy atom. The van der Waals surface area contributed by atoms with E-state index in [1.165, 1.54) is 16.7 Å². The molecule has 0 N–H and O–H groups in total. The standard InChI is InChI=1S/C53H51N5O/c1-51(2,3)36-23-24-55-50(28-36)58-45-20-14-13-19-42(45)44-30-43(35-17-11-10-12-18-35)49(31-48(44)58)59-41-29-40(32-54-33-41)57-34-56(46-21-15-16-22-47(46)57)39-26-37(52(4,5)6)25-38(27-39)53(7,8)9/h10-33H,1-9H3. The molecule has 0 unspecified atom stereocenters. The Labute approximate surface area is 347 Å². The minimum Gasteiger partial charge on any atom is -0.456 e. The molecule has 0 radical (unpaired) electrons. The van der Waals surface area contributed by atoms with Crippen molar-refractivity contribution in [3.8, 4) is 39.8 Å². The molecule has 0 atom stereocenters. The number of ether oxygens (including phenoxy) is 1. The van der Waals surface area contributed by atoms with E-state index >= 15 is 0 Å². The number of hydrogen-bond donors (Lipinski definition) is 0. The highest BCUT2D eigenvalue weighted by atomic mass is 16.5. The molecule has 6 heteroatoms. The van der Waals surface area contributed by atoms with Crippen LogP contribution >= 0.6 is 0 Å². The smallest absolute Gasteiger partial charge is 0.269 e. The number of imidazole rings is 1. The molecule has 4 heterocycles. The Morgan fingerprint density at radius 1 is 0.576 bits per heavy atom. The van der Waals surface area contributed by atoms with E-state index in [1.807, 2.05) is 18.5 Å². The molecule has 0 saturated carbocycles. The maximum Gasteiger partial charge on any atom is 0.269 e. The molecule has 4 aromatic heterocycles.